The fourth-order valence-corrected chi connectivity index (χ4v) is 3.51. The molecule has 31 heavy (non-hydrogen) atoms. The standard InChI is InChI=1S/C25H25NO5/c1-2-17(16-25(29)18-10-12-19(13-11-18)26(30)31)6-5-9-23(27)22-14-15-24(28)21-8-4-3-7-20(21)22/h3-5,7-8,10-15,23,25,27-29H,2,9,16H2,1H3/t6?,23-,25-/m1/s1. The second-order valence-electron chi connectivity index (χ2n) is 7.35. The van der Waals surface area contributed by atoms with Crippen LogP contribution >= 0.6 is 0 Å². The largest absolute Gasteiger partial charge is 0.507 e. The monoisotopic (exact) mass is 419 g/mol. The van der Waals surface area contributed by atoms with Crippen molar-refractivity contribution in [2.24, 2.45) is 0 Å². The number of nitro groups is 1. The fraction of sp³-hybridized carbons (Fsp3) is 0.240. The predicted molar refractivity (Wildman–Crippen MR) is 120 cm³/mol. The molecule has 6 heteroatoms. The van der Waals surface area contributed by atoms with Gasteiger partial charge in [-0.25, -0.2) is 0 Å². The first kappa shape index (κ1) is 22.2. The topological polar surface area (TPSA) is 104 Å². The molecule has 0 aliphatic heterocycles. The number of benzene rings is 3. The van der Waals surface area contributed by atoms with E-state index in [4.69, 9.17) is 0 Å². The Hall–Kier alpha value is -3.44. The third-order valence-corrected chi connectivity index (χ3v) is 5.30. The molecule has 0 bridgehead atoms. The van der Waals surface area contributed by atoms with Gasteiger partial charge in [0.25, 0.3) is 5.69 Å². The van der Waals surface area contributed by atoms with Gasteiger partial charge in [0.15, 0.2) is 0 Å². The van der Waals surface area contributed by atoms with Crippen LogP contribution in [0, 0.1) is 10.1 Å². The minimum Gasteiger partial charge on any atom is -0.507 e. The van der Waals surface area contributed by atoms with E-state index in [9.17, 15) is 25.4 Å². The summed E-state index contributed by atoms with van der Waals surface area (Å²) in [5, 5.41) is 43.4. The van der Waals surface area contributed by atoms with Gasteiger partial charge < -0.3 is 15.3 Å². The Labute approximate surface area is 180 Å². The van der Waals surface area contributed by atoms with Gasteiger partial charge in [0.1, 0.15) is 5.75 Å². The van der Waals surface area contributed by atoms with E-state index in [0.29, 0.717) is 30.2 Å². The average molecular weight is 419 g/mol. The van der Waals surface area contributed by atoms with E-state index in [-0.39, 0.29) is 11.4 Å². The van der Waals surface area contributed by atoms with Gasteiger partial charge in [-0.15, -0.1) is 5.73 Å². The molecule has 0 heterocycles. The number of aliphatic hydroxyl groups excluding tert-OH is 2. The van der Waals surface area contributed by atoms with Crippen LogP contribution in [0.15, 0.2) is 78.0 Å². The van der Waals surface area contributed by atoms with Crippen molar-refractivity contribution >= 4 is 16.5 Å². The lowest BCUT2D eigenvalue weighted by Crippen LogP contribution is -1.99. The number of nitro benzene ring substituents is 1. The smallest absolute Gasteiger partial charge is 0.269 e. The molecular weight excluding hydrogens is 394 g/mol. The maximum absolute atomic E-state index is 10.8. The number of fused-ring (bicyclic) bond motifs is 1. The number of hydrogen-bond acceptors (Lipinski definition) is 5. The number of hydrogen-bond donors (Lipinski definition) is 3. The van der Waals surface area contributed by atoms with Crippen molar-refractivity contribution in [3.05, 3.63) is 99.3 Å². The Balaban J connectivity index is 1.72. The van der Waals surface area contributed by atoms with E-state index in [0.717, 1.165) is 16.5 Å². The molecule has 3 aromatic rings. The Kier molecular flexibility index (Phi) is 7.21. The number of phenols is 1. The van der Waals surface area contributed by atoms with Crippen molar-refractivity contribution in [3.63, 3.8) is 0 Å². The van der Waals surface area contributed by atoms with Gasteiger partial charge in [0, 0.05) is 30.4 Å². The molecule has 3 N–H and O–H groups in total. The first-order valence-electron chi connectivity index (χ1n) is 10.1. The first-order chi connectivity index (χ1) is 14.9. The van der Waals surface area contributed by atoms with E-state index in [1.165, 1.54) is 12.1 Å². The van der Waals surface area contributed by atoms with Gasteiger partial charge in [-0.2, -0.15) is 0 Å². The molecule has 0 radical (unpaired) electrons. The van der Waals surface area contributed by atoms with Crippen molar-refractivity contribution in [2.75, 3.05) is 0 Å². The van der Waals surface area contributed by atoms with Crippen LogP contribution in [-0.4, -0.2) is 20.2 Å². The van der Waals surface area contributed by atoms with E-state index < -0.39 is 17.1 Å². The molecule has 2 atom stereocenters. The third kappa shape index (κ3) is 5.38. The molecular formula is C25H25NO5. The summed E-state index contributed by atoms with van der Waals surface area (Å²) < 4.78 is 0. The van der Waals surface area contributed by atoms with Crippen LogP contribution in [0.5, 0.6) is 5.75 Å². The van der Waals surface area contributed by atoms with Gasteiger partial charge in [-0.05, 0) is 52.8 Å². The van der Waals surface area contributed by atoms with Crippen molar-refractivity contribution in [1.82, 2.24) is 0 Å². The molecule has 0 unspecified atom stereocenters. The fourth-order valence-electron chi connectivity index (χ4n) is 3.51. The van der Waals surface area contributed by atoms with E-state index in [1.807, 2.05) is 31.2 Å². The molecule has 0 spiro atoms. The predicted octanol–water partition coefficient (Wildman–Crippen LogP) is 5.49. The van der Waals surface area contributed by atoms with Crippen LogP contribution in [0.4, 0.5) is 5.69 Å². The number of non-ortho nitro benzene ring substituents is 1. The number of phenolic OH excluding ortho intramolecular Hbond substituents is 1. The van der Waals surface area contributed by atoms with Crippen molar-refractivity contribution < 1.29 is 20.2 Å². The second kappa shape index (κ2) is 10.0. The highest BCUT2D eigenvalue weighted by Gasteiger charge is 2.13. The zero-order valence-electron chi connectivity index (χ0n) is 17.2. The molecule has 6 nitrogen and oxygen atoms in total. The molecule has 0 aliphatic rings. The van der Waals surface area contributed by atoms with E-state index in [1.54, 1.807) is 30.3 Å². The Morgan fingerprint density at radius 1 is 1.03 bits per heavy atom. The van der Waals surface area contributed by atoms with Gasteiger partial charge in [-0.1, -0.05) is 37.3 Å². The lowest BCUT2D eigenvalue weighted by molar-refractivity contribution is -0.384. The Morgan fingerprint density at radius 2 is 1.71 bits per heavy atom. The van der Waals surface area contributed by atoms with E-state index >= 15 is 0 Å². The molecule has 0 aromatic heterocycles. The highest BCUT2D eigenvalue weighted by atomic mass is 16.6. The van der Waals surface area contributed by atoms with Crippen LogP contribution in [0.25, 0.3) is 10.8 Å². The summed E-state index contributed by atoms with van der Waals surface area (Å²) in [6, 6.07) is 16.5. The molecule has 0 saturated carbocycles. The summed E-state index contributed by atoms with van der Waals surface area (Å²) in [4.78, 5) is 10.3. The maximum Gasteiger partial charge on any atom is 0.269 e. The third-order valence-electron chi connectivity index (χ3n) is 5.30. The Bertz CT molecular complexity index is 1130. The van der Waals surface area contributed by atoms with Crippen molar-refractivity contribution in [1.29, 1.82) is 0 Å². The van der Waals surface area contributed by atoms with Crippen molar-refractivity contribution in [3.8, 4) is 5.75 Å². The van der Waals surface area contributed by atoms with Crippen LogP contribution in [0.3, 0.4) is 0 Å². The Morgan fingerprint density at radius 3 is 2.35 bits per heavy atom. The normalized spacial score (nSPS) is 12.7. The average Bonchev–Trinajstić information content (AvgIpc) is 2.78. The molecule has 0 fully saturated rings. The summed E-state index contributed by atoms with van der Waals surface area (Å²) in [6.45, 7) is 1.96. The number of aliphatic hydroxyl groups is 2. The van der Waals surface area contributed by atoms with Crippen LogP contribution < -0.4 is 0 Å². The van der Waals surface area contributed by atoms with Crippen LogP contribution in [0.1, 0.15) is 49.5 Å². The summed E-state index contributed by atoms with van der Waals surface area (Å²) in [5.74, 6) is 0.176. The molecule has 3 rings (SSSR count). The second-order valence-corrected chi connectivity index (χ2v) is 7.35. The highest BCUT2D eigenvalue weighted by molar-refractivity contribution is 5.91. The zero-order chi connectivity index (χ0) is 22.4. The number of nitrogens with zero attached hydrogens (tertiary/aromatic N) is 1. The SMILES string of the molecule is CCC(=C=CC[C@@H](O)c1ccc(O)c2ccccc12)C[C@@H](O)c1ccc([N+](=O)[O-])cc1. The van der Waals surface area contributed by atoms with Gasteiger partial charge in [0.05, 0.1) is 17.1 Å². The maximum atomic E-state index is 10.8. The number of aromatic hydroxyl groups is 1. The molecule has 0 saturated heterocycles. The van der Waals surface area contributed by atoms with Gasteiger partial charge in [-0.3, -0.25) is 10.1 Å². The summed E-state index contributed by atoms with van der Waals surface area (Å²) in [7, 11) is 0. The quantitative estimate of drug-likeness (QED) is 0.254. The summed E-state index contributed by atoms with van der Waals surface area (Å²) in [6.07, 6.45) is 1.58. The number of rotatable bonds is 8. The zero-order valence-corrected chi connectivity index (χ0v) is 17.2. The van der Waals surface area contributed by atoms with Gasteiger partial charge >= 0.3 is 0 Å². The van der Waals surface area contributed by atoms with Crippen molar-refractivity contribution in [2.45, 2.75) is 38.4 Å². The molecule has 3 aromatic carbocycles. The van der Waals surface area contributed by atoms with Gasteiger partial charge in [0.2, 0.25) is 0 Å². The molecule has 160 valence electrons. The summed E-state index contributed by atoms with van der Waals surface area (Å²) in [5.41, 5.74) is 5.38. The van der Waals surface area contributed by atoms with Crippen LogP contribution in [-0.2, 0) is 0 Å². The van der Waals surface area contributed by atoms with Crippen LogP contribution in [0.2, 0.25) is 0 Å². The highest BCUT2D eigenvalue weighted by Crippen LogP contribution is 2.32. The van der Waals surface area contributed by atoms with E-state index in [2.05, 4.69) is 5.73 Å². The minimum absolute atomic E-state index is 0.0159. The molecule has 0 aliphatic carbocycles. The first-order valence-corrected chi connectivity index (χ1v) is 10.1. The lowest BCUT2D eigenvalue weighted by Gasteiger charge is -2.13. The molecule has 0 amide bonds. The summed E-state index contributed by atoms with van der Waals surface area (Å²) >= 11 is 0. The minimum atomic E-state index is -0.789. The lowest BCUT2D eigenvalue weighted by atomic mass is 9.97.